The average Bonchev–Trinajstić information content (AvgIpc) is 3.31. The zero-order valence-electron chi connectivity index (χ0n) is 15.4. The van der Waals surface area contributed by atoms with E-state index in [0.29, 0.717) is 23.7 Å². The molecule has 0 radical (unpaired) electrons. The van der Waals surface area contributed by atoms with E-state index in [2.05, 4.69) is 31.4 Å². The van der Waals surface area contributed by atoms with Gasteiger partial charge in [0.05, 0.1) is 28.6 Å². The highest BCUT2D eigenvalue weighted by Gasteiger charge is 2.24. The highest BCUT2D eigenvalue weighted by atomic mass is 79.9. The maximum Gasteiger partial charge on any atom is 0.291 e. The molecule has 10 heteroatoms. The highest BCUT2D eigenvalue weighted by molar-refractivity contribution is 9.10. The van der Waals surface area contributed by atoms with Crippen molar-refractivity contribution in [3.63, 3.8) is 0 Å². The molecule has 3 heterocycles. The number of carbonyl (C=O) groups is 2. The number of aryl methyl sites for hydroxylation is 1. The van der Waals surface area contributed by atoms with Gasteiger partial charge in [-0.25, -0.2) is 0 Å². The molecule has 0 atom stereocenters. The maximum atomic E-state index is 12.6. The molecule has 0 spiro atoms. The van der Waals surface area contributed by atoms with Gasteiger partial charge in [-0.2, -0.15) is 10.2 Å². The molecule has 3 rings (SSSR count). The summed E-state index contributed by atoms with van der Waals surface area (Å²) in [6.07, 6.45) is 3.48. The number of carbonyl (C=O) groups excluding carboxylic acids is 2. The first-order chi connectivity index (χ1) is 12.8. The molecule has 0 fully saturated rings. The third kappa shape index (κ3) is 3.95. The molecule has 0 aliphatic carbocycles. The Labute approximate surface area is 164 Å². The van der Waals surface area contributed by atoms with Crippen molar-refractivity contribution in [2.75, 3.05) is 19.4 Å². The number of hydrogen-bond acceptors (Lipinski definition) is 5. The van der Waals surface area contributed by atoms with Gasteiger partial charge in [-0.05, 0) is 35.0 Å². The van der Waals surface area contributed by atoms with Gasteiger partial charge in [-0.1, -0.05) is 0 Å². The van der Waals surface area contributed by atoms with Crippen molar-refractivity contribution in [3.05, 3.63) is 51.9 Å². The largest absolute Gasteiger partial charge is 0.454 e. The van der Waals surface area contributed by atoms with Crippen molar-refractivity contribution in [2.24, 2.45) is 7.05 Å². The summed E-state index contributed by atoms with van der Waals surface area (Å²) < 4.78 is 9.71. The summed E-state index contributed by atoms with van der Waals surface area (Å²) >= 11 is 3.33. The van der Waals surface area contributed by atoms with Crippen LogP contribution in [0.1, 0.15) is 32.5 Å². The molecule has 0 aliphatic heterocycles. The number of nitrogens with one attached hydrogen (secondary N) is 1. The molecule has 3 aromatic rings. The van der Waals surface area contributed by atoms with Gasteiger partial charge in [0.15, 0.2) is 11.5 Å². The Balaban J connectivity index is 1.79. The van der Waals surface area contributed by atoms with Gasteiger partial charge >= 0.3 is 0 Å². The minimum Gasteiger partial charge on any atom is -0.454 e. The Morgan fingerprint density at radius 2 is 2.07 bits per heavy atom. The smallest absolute Gasteiger partial charge is 0.291 e. The van der Waals surface area contributed by atoms with E-state index in [1.54, 1.807) is 62.0 Å². The van der Waals surface area contributed by atoms with Gasteiger partial charge in [-0.15, -0.1) is 0 Å². The van der Waals surface area contributed by atoms with Crippen molar-refractivity contribution in [1.29, 1.82) is 0 Å². The SMILES string of the molecule is Cc1c(NC(=O)c2ccc(Cn3cc(Br)cn3)o2)c(C(=O)N(C)C)nn1C. The van der Waals surface area contributed by atoms with Gasteiger partial charge < -0.3 is 14.6 Å². The molecule has 0 unspecified atom stereocenters. The van der Waals surface area contributed by atoms with Crippen LogP contribution in [0.15, 0.2) is 33.4 Å². The number of furan rings is 1. The first-order valence-corrected chi connectivity index (χ1v) is 8.89. The topological polar surface area (TPSA) is 98.2 Å². The van der Waals surface area contributed by atoms with Crippen LogP contribution in [0.2, 0.25) is 0 Å². The van der Waals surface area contributed by atoms with Crippen molar-refractivity contribution in [2.45, 2.75) is 13.5 Å². The van der Waals surface area contributed by atoms with Gasteiger partial charge in [0, 0.05) is 27.3 Å². The Morgan fingerprint density at radius 1 is 1.33 bits per heavy atom. The van der Waals surface area contributed by atoms with E-state index in [1.807, 2.05) is 0 Å². The minimum absolute atomic E-state index is 0.141. The minimum atomic E-state index is -0.452. The number of nitrogens with zero attached hydrogens (tertiary/aromatic N) is 5. The van der Waals surface area contributed by atoms with E-state index in [0.717, 1.165) is 4.47 Å². The molecular weight excluding hydrogens is 416 g/mol. The lowest BCUT2D eigenvalue weighted by molar-refractivity contribution is 0.0822. The van der Waals surface area contributed by atoms with E-state index in [9.17, 15) is 9.59 Å². The summed E-state index contributed by atoms with van der Waals surface area (Å²) in [5, 5.41) is 11.1. The van der Waals surface area contributed by atoms with Crippen LogP contribution in [0.25, 0.3) is 0 Å². The number of amides is 2. The van der Waals surface area contributed by atoms with Crippen molar-refractivity contribution in [3.8, 4) is 0 Å². The summed E-state index contributed by atoms with van der Waals surface area (Å²) in [5.41, 5.74) is 1.22. The predicted molar refractivity (Wildman–Crippen MR) is 102 cm³/mol. The standard InChI is InChI=1S/C17H19BrN6O3/c1-10-14(15(21-23(10)4)17(26)22(2)3)20-16(25)13-6-5-12(27-13)9-24-8-11(18)7-19-24/h5-8H,9H2,1-4H3,(H,20,25). The number of rotatable bonds is 5. The average molecular weight is 435 g/mol. The van der Waals surface area contributed by atoms with Crippen LogP contribution in [-0.4, -0.2) is 50.4 Å². The highest BCUT2D eigenvalue weighted by Crippen LogP contribution is 2.22. The molecule has 0 aliphatic rings. The van der Waals surface area contributed by atoms with Crippen molar-refractivity contribution in [1.82, 2.24) is 24.5 Å². The van der Waals surface area contributed by atoms with Gasteiger partial charge in [0.1, 0.15) is 5.76 Å². The van der Waals surface area contributed by atoms with E-state index < -0.39 is 5.91 Å². The lowest BCUT2D eigenvalue weighted by atomic mass is 10.2. The lowest BCUT2D eigenvalue weighted by Gasteiger charge is -2.10. The summed E-state index contributed by atoms with van der Waals surface area (Å²) in [6.45, 7) is 2.17. The second-order valence-electron chi connectivity index (χ2n) is 6.21. The molecule has 0 saturated carbocycles. The lowest BCUT2D eigenvalue weighted by Crippen LogP contribution is -2.24. The van der Waals surface area contributed by atoms with Crippen LogP contribution in [0, 0.1) is 6.92 Å². The fourth-order valence-corrected chi connectivity index (χ4v) is 2.79. The number of halogens is 1. The molecule has 9 nitrogen and oxygen atoms in total. The molecule has 0 saturated heterocycles. The Hall–Kier alpha value is -2.88. The third-order valence-corrected chi connectivity index (χ3v) is 4.40. The quantitative estimate of drug-likeness (QED) is 0.663. The van der Waals surface area contributed by atoms with Crippen LogP contribution in [-0.2, 0) is 13.6 Å². The monoisotopic (exact) mass is 434 g/mol. The molecule has 0 aromatic carbocycles. The summed E-state index contributed by atoms with van der Waals surface area (Å²) in [4.78, 5) is 26.3. The molecular formula is C17H19BrN6O3. The predicted octanol–water partition coefficient (Wildman–Crippen LogP) is 2.28. The Kier molecular flexibility index (Phi) is 5.17. The molecule has 142 valence electrons. The second-order valence-corrected chi connectivity index (χ2v) is 7.12. The molecule has 2 amide bonds. The first-order valence-electron chi connectivity index (χ1n) is 8.09. The number of aromatic nitrogens is 4. The van der Waals surface area contributed by atoms with Crippen LogP contribution in [0.5, 0.6) is 0 Å². The Morgan fingerprint density at radius 3 is 2.70 bits per heavy atom. The van der Waals surface area contributed by atoms with Gasteiger partial charge in [0.25, 0.3) is 11.8 Å². The second kappa shape index (κ2) is 7.39. The zero-order valence-corrected chi connectivity index (χ0v) is 16.9. The van der Waals surface area contributed by atoms with E-state index >= 15 is 0 Å². The van der Waals surface area contributed by atoms with Crippen molar-refractivity contribution >= 4 is 33.4 Å². The van der Waals surface area contributed by atoms with Crippen LogP contribution < -0.4 is 5.32 Å². The van der Waals surface area contributed by atoms with Crippen LogP contribution >= 0.6 is 15.9 Å². The van der Waals surface area contributed by atoms with Crippen LogP contribution in [0.4, 0.5) is 5.69 Å². The van der Waals surface area contributed by atoms with Gasteiger partial charge in [-0.3, -0.25) is 19.0 Å². The third-order valence-electron chi connectivity index (χ3n) is 3.99. The van der Waals surface area contributed by atoms with E-state index in [4.69, 9.17) is 4.42 Å². The van der Waals surface area contributed by atoms with Crippen LogP contribution in [0.3, 0.4) is 0 Å². The molecule has 0 bridgehead atoms. The van der Waals surface area contributed by atoms with E-state index in [-0.39, 0.29) is 17.4 Å². The molecule has 27 heavy (non-hydrogen) atoms. The molecule has 3 aromatic heterocycles. The van der Waals surface area contributed by atoms with Gasteiger partial charge in [0.2, 0.25) is 0 Å². The number of anilines is 1. The summed E-state index contributed by atoms with van der Waals surface area (Å²) in [7, 11) is 4.97. The number of hydrogen-bond donors (Lipinski definition) is 1. The van der Waals surface area contributed by atoms with E-state index in [1.165, 1.54) is 4.90 Å². The maximum absolute atomic E-state index is 12.6. The Bertz CT molecular complexity index is 1000. The summed E-state index contributed by atoms with van der Waals surface area (Å²) in [6, 6.07) is 3.30. The summed E-state index contributed by atoms with van der Waals surface area (Å²) in [5.74, 6) is -0.0174. The van der Waals surface area contributed by atoms with Crippen molar-refractivity contribution < 1.29 is 14.0 Å². The first kappa shape index (κ1) is 18.9. The fraction of sp³-hybridized carbons (Fsp3) is 0.294. The normalized spacial score (nSPS) is 10.9. The molecule has 1 N–H and O–H groups in total. The zero-order chi connectivity index (χ0) is 19.7. The fourth-order valence-electron chi connectivity index (χ4n) is 2.46.